The number of benzene rings is 3. The second-order valence-corrected chi connectivity index (χ2v) is 14.8. The van der Waals surface area contributed by atoms with Crippen molar-refractivity contribution in [2.45, 2.75) is 115 Å². The maximum absolute atomic E-state index is 11.6. The first-order valence-electron chi connectivity index (χ1n) is 15.9. The summed E-state index contributed by atoms with van der Waals surface area (Å²) in [6.07, 6.45) is 17.8. The van der Waals surface area contributed by atoms with Crippen molar-refractivity contribution in [3.8, 4) is 0 Å². The third-order valence-corrected chi connectivity index (χ3v) is 11.8. The van der Waals surface area contributed by atoms with Gasteiger partial charge in [0.05, 0.1) is 18.3 Å². The van der Waals surface area contributed by atoms with Crippen LogP contribution in [0.2, 0.25) is 0 Å². The summed E-state index contributed by atoms with van der Waals surface area (Å²) in [5.74, 6) is 0. The maximum Gasteiger partial charge on any atom is 0.285 e. The Hall–Kier alpha value is -1.57. The first-order valence-corrected chi connectivity index (χ1v) is 17.9. The molecule has 0 unspecified atom stereocenters. The zero-order valence-corrected chi connectivity index (χ0v) is 27.8. The van der Waals surface area contributed by atoms with Crippen molar-refractivity contribution in [3.63, 3.8) is 0 Å². The quantitative estimate of drug-likeness (QED) is 0.227. The first kappa shape index (κ1) is 36.6. The topological polar surface area (TPSA) is 80.9 Å². The third-order valence-electron chi connectivity index (χ3n) is 8.30. The average Bonchev–Trinajstić information content (AvgIpc) is 3.04. The molecule has 3 aliphatic carbocycles. The van der Waals surface area contributed by atoms with Gasteiger partial charge in [-0.25, -0.2) is 0 Å². The fraction of sp³-hybridized carbons (Fsp3) is 0.500. The molecule has 4 nitrogen and oxygen atoms in total. The van der Waals surface area contributed by atoms with Crippen LogP contribution in [0.25, 0.3) is 0 Å². The molecule has 42 heavy (non-hydrogen) atoms. The fourth-order valence-corrected chi connectivity index (χ4v) is 8.81. The molecule has 3 aromatic carbocycles. The molecule has 0 bridgehead atoms. The summed E-state index contributed by atoms with van der Waals surface area (Å²) >= 11 is 0. The Bertz CT molecular complexity index is 901. The normalized spacial score (nSPS) is 18.0. The molecule has 3 aromatic rings. The molecule has 0 radical (unpaired) electrons. The molecule has 0 heterocycles. The van der Waals surface area contributed by atoms with E-state index in [1.807, 2.05) is 91.0 Å². The second kappa shape index (κ2) is 21.2. The van der Waals surface area contributed by atoms with Gasteiger partial charge in [0.2, 0.25) is 0 Å². The summed E-state index contributed by atoms with van der Waals surface area (Å²) < 4.78 is 0. The molecule has 0 atom stereocenters. The molecule has 0 aromatic heterocycles. The molecule has 4 N–H and O–H groups in total. The van der Waals surface area contributed by atoms with E-state index in [4.69, 9.17) is 15.3 Å². The van der Waals surface area contributed by atoms with Crippen LogP contribution in [0, 0.1) is 0 Å². The van der Waals surface area contributed by atoms with Gasteiger partial charge in [-0.2, -0.15) is 0 Å². The van der Waals surface area contributed by atoms with Gasteiger partial charge in [-0.1, -0.05) is 149 Å². The van der Waals surface area contributed by atoms with E-state index < -0.39 is 8.32 Å². The van der Waals surface area contributed by atoms with E-state index in [1.54, 1.807) is 0 Å². The Labute approximate surface area is 270 Å². The second-order valence-electron chi connectivity index (χ2n) is 11.7. The van der Waals surface area contributed by atoms with Crippen LogP contribution in [0.3, 0.4) is 0 Å². The molecular weight excluding hydrogens is 572 g/mol. The SMILES string of the molecule is OC1CCCCC1.OC1CCCCC1.OC1CCCCC1.O[Si](c1ccccc1)(c1ccccc1)c1ccccc1.[Ti]. The molecule has 3 fully saturated rings. The number of aliphatic hydroxyl groups is 3. The molecular formula is C36H52O4SiTi. The minimum atomic E-state index is -2.88. The zero-order valence-electron chi connectivity index (χ0n) is 25.3. The van der Waals surface area contributed by atoms with Crippen LogP contribution < -0.4 is 15.6 Å². The van der Waals surface area contributed by atoms with E-state index in [1.165, 1.54) is 57.8 Å². The zero-order chi connectivity index (χ0) is 29.2. The molecule has 3 aliphatic rings. The van der Waals surface area contributed by atoms with E-state index in [0.717, 1.165) is 54.1 Å². The van der Waals surface area contributed by atoms with Crippen molar-refractivity contribution < 1.29 is 41.8 Å². The van der Waals surface area contributed by atoms with E-state index in [0.29, 0.717) is 0 Å². The Morgan fingerprint density at radius 2 is 0.595 bits per heavy atom. The minimum absolute atomic E-state index is 0. The summed E-state index contributed by atoms with van der Waals surface area (Å²) in [6.45, 7) is 0. The van der Waals surface area contributed by atoms with Gasteiger partial charge in [0, 0.05) is 21.7 Å². The van der Waals surface area contributed by atoms with Crippen LogP contribution >= 0.6 is 0 Å². The van der Waals surface area contributed by atoms with E-state index in [-0.39, 0.29) is 40.0 Å². The van der Waals surface area contributed by atoms with E-state index in [9.17, 15) is 4.80 Å². The van der Waals surface area contributed by atoms with Crippen molar-refractivity contribution >= 4 is 23.9 Å². The van der Waals surface area contributed by atoms with Crippen LogP contribution in [0.1, 0.15) is 96.3 Å². The van der Waals surface area contributed by atoms with Gasteiger partial charge in [-0.15, -0.1) is 0 Å². The monoisotopic (exact) mass is 624 g/mol. The number of rotatable bonds is 3. The van der Waals surface area contributed by atoms with Gasteiger partial charge >= 0.3 is 0 Å². The molecule has 0 saturated heterocycles. The smallest absolute Gasteiger partial charge is 0.285 e. The van der Waals surface area contributed by atoms with Crippen molar-refractivity contribution in [2.24, 2.45) is 0 Å². The van der Waals surface area contributed by atoms with Crippen LogP contribution in [0.15, 0.2) is 91.0 Å². The van der Waals surface area contributed by atoms with Crippen LogP contribution in [-0.4, -0.2) is 46.7 Å². The molecule has 6 rings (SSSR count). The van der Waals surface area contributed by atoms with Gasteiger partial charge < -0.3 is 20.1 Å². The molecule has 6 heteroatoms. The van der Waals surface area contributed by atoms with Crippen molar-refractivity contribution in [1.82, 2.24) is 0 Å². The Morgan fingerprint density at radius 1 is 0.381 bits per heavy atom. The number of aliphatic hydroxyl groups excluding tert-OH is 3. The summed E-state index contributed by atoms with van der Waals surface area (Å²) in [7, 11) is -2.88. The predicted octanol–water partition coefficient (Wildman–Crippen LogP) is 5.58. The first-order chi connectivity index (χ1) is 20.0. The molecule has 228 valence electrons. The summed E-state index contributed by atoms with van der Waals surface area (Å²) in [4.78, 5) is 11.6. The number of hydrogen-bond acceptors (Lipinski definition) is 4. The van der Waals surface area contributed by atoms with Crippen LogP contribution in [-0.2, 0) is 21.7 Å². The fourth-order valence-electron chi connectivity index (χ4n) is 5.78. The van der Waals surface area contributed by atoms with Crippen LogP contribution in [0.4, 0.5) is 0 Å². The van der Waals surface area contributed by atoms with Gasteiger partial charge in [0.1, 0.15) is 0 Å². The molecule has 0 amide bonds. The van der Waals surface area contributed by atoms with Crippen molar-refractivity contribution in [2.75, 3.05) is 0 Å². The Morgan fingerprint density at radius 3 is 0.762 bits per heavy atom. The van der Waals surface area contributed by atoms with Gasteiger partial charge in [0.25, 0.3) is 8.32 Å². The Balaban J connectivity index is 0.000000229. The average molecular weight is 625 g/mol. The molecule has 0 spiro atoms. The van der Waals surface area contributed by atoms with Gasteiger partial charge in [0.15, 0.2) is 0 Å². The summed E-state index contributed by atoms with van der Waals surface area (Å²) in [5, 5.41) is 29.8. The van der Waals surface area contributed by atoms with E-state index in [2.05, 4.69) is 0 Å². The largest absolute Gasteiger partial charge is 0.421 e. The number of hydrogen-bond donors (Lipinski definition) is 4. The third kappa shape index (κ3) is 13.0. The summed E-state index contributed by atoms with van der Waals surface area (Å²) in [5.41, 5.74) is 0. The predicted molar refractivity (Wildman–Crippen MR) is 173 cm³/mol. The van der Waals surface area contributed by atoms with Crippen molar-refractivity contribution in [1.29, 1.82) is 0 Å². The Kier molecular flexibility index (Phi) is 18.5. The molecule has 3 saturated carbocycles. The minimum Gasteiger partial charge on any atom is -0.421 e. The van der Waals surface area contributed by atoms with Gasteiger partial charge in [-0.05, 0) is 54.1 Å². The summed E-state index contributed by atoms with van der Waals surface area (Å²) in [6, 6.07) is 30.0. The van der Waals surface area contributed by atoms with Gasteiger partial charge in [-0.3, -0.25) is 0 Å². The maximum atomic E-state index is 11.6. The standard InChI is InChI=1S/C18H16OSi.3C6H12O.Ti/c19-20(16-10-4-1-5-11-16,17-12-6-2-7-13-17)18-14-8-3-9-15-18;3*7-6-4-2-1-3-5-6;/h1-15,19H;3*6-7H,1-5H2;. The molecule has 0 aliphatic heterocycles. The van der Waals surface area contributed by atoms with Crippen molar-refractivity contribution in [3.05, 3.63) is 91.0 Å². The van der Waals surface area contributed by atoms with Crippen LogP contribution in [0.5, 0.6) is 0 Å². The van der Waals surface area contributed by atoms with E-state index >= 15 is 0 Å².